The Balaban J connectivity index is 2.60. The number of hydrogen-bond donors (Lipinski definition) is 0. The maximum Gasteiger partial charge on any atom is 0.358 e. The number of hydrogen-bond acceptors (Lipinski definition) is 4. The molecule has 0 aromatic heterocycles. The first-order valence-electron chi connectivity index (χ1n) is 3.56. The molecule has 0 spiro atoms. The molecule has 1 fully saturated rings. The standard InChI is InChI=1S/C6H13O4P/c1-8-11(7,9-2)6-4-3-5-10-6/h6H,3-5H2,1-2H3. The van der Waals surface area contributed by atoms with Crippen molar-refractivity contribution in [3.05, 3.63) is 0 Å². The molecule has 11 heavy (non-hydrogen) atoms. The lowest BCUT2D eigenvalue weighted by atomic mass is 10.4. The third kappa shape index (κ3) is 1.82. The second-order valence-corrected chi connectivity index (χ2v) is 4.76. The van der Waals surface area contributed by atoms with Gasteiger partial charge in [0.25, 0.3) is 0 Å². The molecule has 0 bridgehead atoms. The van der Waals surface area contributed by atoms with E-state index in [2.05, 4.69) is 0 Å². The predicted molar refractivity (Wildman–Crippen MR) is 40.6 cm³/mol. The Morgan fingerprint density at radius 2 is 2.09 bits per heavy atom. The average Bonchev–Trinajstić information content (AvgIpc) is 2.55. The van der Waals surface area contributed by atoms with Gasteiger partial charge in [0.1, 0.15) is 0 Å². The van der Waals surface area contributed by atoms with Crippen molar-refractivity contribution in [2.24, 2.45) is 0 Å². The summed E-state index contributed by atoms with van der Waals surface area (Å²) in [5.74, 6) is -0.350. The van der Waals surface area contributed by atoms with Gasteiger partial charge in [-0.25, -0.2) is 0 Å². The molecule has 0 aromatic rings. The van der Waals surface area contributed by atoms with Crippen LogP contribution in [0.4, 0.5) is 0 Å². The summed E-state index contributed by atoms with van der Waals surface area (Å²) in [5, 5.41) is 0. The van der Waals surface area contributed by atoms with Gasteiger partial charge in [0.2, 0.25) is 0 Å². The van der Waals surface area contributed by atoms with Crippen molar-refractivity contribution >= 4 is 7.60 Å². The minimum absolute atomic E-state index is 0.350. The molecule has 1 aliphatic heterocycles. The highest BCUT2D eigenvalue weighted by atomic mass is 31.2. The molecule has 0 radical (unpaired) electrons. The Bertz CT molecular complexity index is 156. The van der Waals surface area contributed by atoms with Crippen LogP contribution in [0.1, 0.15) is 12.8 Å². The van der Waals surface area contributed by atoms with E-state index in [1.165, 1.54) is 14.2 Å². The topological polar surface area (TPSA) is 44.8 Å². The van der Waals surface area contributed by atoms with E-state index in [9.17, 15) is 4.57 Å². The third-order valence-corrected chi connectivity index (χ3v) is 3.90. The summed E-state index contributed by atoms with van der Waals surface area (Å²) in [6.45, 7) is 0.654. The fraction of sp³-hybridized carbons (Fsp3) is 1.00. The Morgan fingerprint density at radius 1 is 1.45 bits per heavy atom. The molecule has 0 N–H and O–H groups in total. The average molecular weight is 180 g/mol. The van der Waals surface area contributed by atoms with Crippen molar-refractivity contribution in [2.75, 3.05) is 20.8 Å². The predicted octanol–water partition coefficient (Wildman–Crippen LogP) is 1.61. The quantitative estimate of drug-likeness (QED) is 0.619. The summed E-state index contributed by atoms with van der Waals surface area (Å²) >= 11 is 0. The molecule has 0 aliphatic carbocycles. The highest BCUT2D eigenvalue weighted by molar-refractivity contribution is 7.54. The van der Waals surface area contributed by atoms with E-state index in [1.54, 1.807) is 0 Å². The first-order chi connectivity index (χ1) is 5.23. The van der Waals surface area contributed by atoms with Gasteiger partial charge in [-0.2, -0.15) is 0 Å². The molecule has 5 heteroatoms. The van der Waals surface area contributed by atoms with E-state index < -0.39 is 7.60 Å². The fourth-order valence-electron chi connectivity index (χ4n) is 1.12. The van der Waals surface area contributed by atoms with Crippen LogP contribution < -0.4 is 0 Å². The van der Waals surface area contributed by atoms with Crippen molar-refractivity contribution < 1.29 is 18.3 Å². The van der Waals surface area contributed by atoms with E-state index in [0.29, 0.717) is 6.61 Å². The van der Waals surface area contributed by atoms with Crippen LogP contribution in [0.5, 0.6) is 0 Å². The van der Waals surface area contributed by atoms with Crippen LogP contribution in [0.2, 0.25) is 0 Å². The van der Waals surface area contributed by atoms with Crippen molar-refractivity contribution in [2.45, 2.75) is 18.7 Å². The Hall–Kier alpha value is 0.110. The van der Waals surface area contributed by atoms with Gasteiger partial charge in [0.15, 0.2) is 5.85 Å². The van der Waals surface area contributed by atoms with E-state index in [1.807, 2.05) is 0 Å². The first-order valence-corrected chi connectivity index (χ1v) is 5.17. The lowest BCUT2D eigenvalue weighted by molar-refractivity contribution is 0.127. The van der Waals surface area contributed by atoms with Gasteiger partial charge in [0, 0.05) is 20.8 Å². The molecule has 1 unspecified atom stereocenters. The lowest BCUT2D eigenvalue weighted by Gasteiger charge is -2.18. The molecule has 4 nitrogen and oxygen atoms in total. The Labute approximate surface area is 66.4 Å². The fourth-order valence-corrected chi connectivity index (χ4v) is 2.53. The van der Waals surface area contributed by atoms with Crippen molar-refractivity contribution in [1.82, 2.24) is 0 Å². The molecule has 1 saturated heterocycles. The van der Waals surface area contributed by atoms with Crippen LogP contribution in [0, 0.1) is 0 Å². The summed E-state index contributed by atoms with van der Waals surface area (Å²) in [7, 11) is -0.189. The summed E-state index contributed by atoms with van der Waals surface area (Å²) in [4.78, 5) is 0. The van der Waals surface area contributed by atoms with Crippen LogP contribution in [-0.4, -0.2) is 26.7 Å². The zero-order valence-corrected chi connectivity index (χ0v) is 7.67. The maximum atomic E-state index is 11.6. The van der Waals surface area contributed by atoms with E-state index >= 15 is 0 Å². The number of ether oxygens (including phenoxy) is 1. The summed E-state index contributed by atoms with van der Waals surface area (Å²) in [6.07, 6.45) is 1.69. The highest BCUT2D eigenvalue weighted by Gasteiger charge is 2.37. The van der Waals surface area contributed by atoms with Gasteiger partial charge in [-0.3, -0.25) is 4.57 Å². The van der Waals surface area contributed by atoms with Crippen molar-refractivity contribution in [3.8, 4) is 0 Å². The Kier molecular flexibility index (Phi) is 3.07. The number of rotatable bonds is 3. The van der Waals surface area contributed by atoms with E-state index in [0.717, 1.165) is 12.8 Å². The monoisotopic (exact) mass is 180 g/mol. The van der Waals surface area contributed by atoms with Gasteiger partial charge >= 0.3 is 7.60 Å². The first kappa shape index (κ1) is 9.20. The van der Waals surface area contributed by atoms with Crippen LogP contribution >= 0.6 is 7.60 Å². The van der Waals surface area contributed by atoms with Crippen LogP contribution in [0.15, 0.2) is 0 Å². The minimum Gasteiger partial charge on any atom is -0.366 e. The molecule has 1 aliphatic rings. The molecule has 66 valence electrons. The molecule has 0 aromatic carbocycles. The largest absolute Gasteiger partial charge is 0.366 e. The van der Waals surface area contributed by atoms with Crippen LogP contribution in [-0.2, 0) is 18.3 Å². The lowest BCUT2D eigenvalue weighted by Crippen LogP contribution is -2.08. The Morgan fingerprint density at radius 3 is 2.45 bits per heavy atom. The second kappa shape index (κ2) is 3.68. The molecular formula is C6H13O4P. The molecule has 0 amide bonds. The van der Waals surface area contributed by atoms with Crippen molar-refractivity contribution in [1.29, 1.82) is 0 Å². The smallest absolute Gasteiger partial charge is 0.358 e. The molecule has 1 atom stereocenters. The summed E-state index contributed by atoms with van der Waals surface area (Å²) < 4.78 is 26.3. The van der Waals surface area contributed by atoms with Gasteiger partial charge < -0.3 is 13.8 Å². The van der Waals surface area contributed by atoms with Crippen LogP contribution in [0.3, 0.4) is 0 Å². The van der Waals surface area contributed by atoms with Gasteiger partial charge in [-0.1, -0.05) is 0 Å². The SMILES string of the molecule is COP(=O)(OC)C1CCCO1. The third-order valence-electron chi connectivity index (χ3n) is 1.77. The summed E-state index contributed by atoms with van der Waals surface area (Å²) in [5.41, 5.74) is 0. The second-order valence-electron chi connectivity index (χ2n) is 2.37. The van der Waals surface area contributed by atoms with Crippen molar-refractivity contribution in [3.63, 3.8) is 0 Å². The molecular weight excluding hydrogens is 167 g/mol. The highest BCUT2D eigenvalue weighted by Crippen LogP contribution is 2.55. The normalized spacial score (nSPS) is 25.8. The minimum atomic E-state index is -2.95. The summed E-state index contributed by atoms with van der Waals surface area (Å²) in [6, 6.07) is 0. The van der Waals surface area contributed by atoms with Crippen LogP contribution in [0.25, 0.3) is 0 Å². The van der Waals surface area contributed by atoms with Gasteiger partial charge in [-0.15, -0.1) is 0 Å². The molecule has 1 rings (SSSR count). The zero-order valence-electron chi connectivity index (χ0n) is 6.78. The van der Waals surface area contributed by atoms with E-state index in [4.69, 9.17) is 13.8 Å². The van der Waals surface area contributed by atoms with Gasteiger partial charge in [0.05, 0.1) is 0 Å². The maximum absolute atomic E-state index is 11.6. The van der Waals surface area contributed by atoms with Gasteiger partial charge in [-0.05, 0) is 12.8 Å². The molecule has 1 heterocycles. The van der Waals surface area contributed by atoms with E-state index in [-0.39, 0.29) is 5.85 Å². The molecule has 0 saturated carbocycles. The zero-order chi connectivity index (χ0) is 8.32.